The van der Waals surface area contributed by atoms with Gasteiger partial charge in [0.15, 0.2) is 5.65 Å². The van der Waals surface area contributed by atoms with Crippen LogP contribution in [0.25, 0.3) is 27.9 Å². The van der Waals surface area contributed by atoms with Crippen LogP contribution in [0.2, 0.25) is 0 Å². The Kier molecular flexibility index (Phi) is 6.27. The van der Waals surface area contributed by atoms with Crippen molar-refractivity contribution in [2.45, 2.75) is 30.1 Å². The van der Waals surface area contributed by atoms with Crippen molar-refractivity contribution >= 4 is 16.4 Å². The lowest BCUT2D eigenvalue weighted by molar-refractivity contribution is -0.0415. The predicted octanol–water partition coefficient (Wildman–Crippen LogP) is 5.38. The number of hydrogen-bond donors (Lipinski definition) is 0. The molecule has 4 aromatic rings. The summed E-state index contributed by atoms with van der Waals surface area (Å²) < 4.78 is 43.2. The highest BCUT2D eigenvalue weighted by molar-refractivity contribution is 7.84. The number of alkyl halides is 2. The van der Waals surface area contributed by atoms with Gasteiger partial charge in [0.25, 0.3) is 5.92 Å². The lowest BCUT2D eigenvalue weighted by Crippen LogP contribution is -2.38. The van der Waals surface area contributed by atoms with Gasteiger partial charge < -0.3 is 0 Å². The molecule has 0 spiro atoms. The smallest absolute Gasteiger partial charge is 0.285 e. The van der Waals surface area contributed by atoms with E-state index in [1.807, 2.05) is 35.4 Å². The van der Waals surface area contributed by atoms with Gasteiger partial charge in [-0.3, -0.25) is 9.11 Å². The molecule has 1 fully saturated rings. The Morgan fingerprint density at radius 2 is 1.74 bits per heavy atom. The van der Waals surface area contributed by atoms with Crippen molar-refractivity contribution in [3.05, 3.63) is 72.7 Å². The number of halogens is 2. The second kappa shape index (κ2) is 9.35. The van der Waals surface area contributed by atoms with Crippen LogP contribution in [0.1, 0.15) is 24.8 Å². The van der Waals surface area contributed by atoms with E-state index in [1.165, 1.54) is 12.1 Å². The molecule has 176 valence electrons. The summed E-state index contributed by atoms with van der Waals surface area (Å²) in [4.78, 5) is 7.19. The second-order valence-corrected chi connectivity index (χ2v) is 10.1. The molecule has 1 aliphatic heterocycles. The summed E-state index contributed by atoms with van der Waals surface area (Å²) in [5.74, 6) is -2.88. The topological polar surface area (TPSA) is 50.5 Å². The lowest BCUT2D eigenvalue weighted by atomic mass is 10.0. The maximum absolute atomic E-state index is 14.8. The highest BCUT2D eigenvalue weighted by Gasteiger charge is 2.34. The quantitative estimate of drug-likeness (QED) is 0.372. The standard InChI is InChI=1S/C26H26F2N4OS/c1-34(33)23-7-5-6-20(14-23)24-16-30-32-17-21(15-29-25(24)32)19-8-10-22(11-9-19)26(27,28)18-31-12-3-2-4-13-31/h5-11,14-17H,2-4,12-13,18H2,1H3. The molecular formula is C26H26F2N4OS. The van der Waals surface area contributed by atoms with Gasteiger partial charge in [0.1, 0.15) is 0 Å². The first-order chi connectivity index (χ1) is 16.4. The van der Waals surface area contributed by atoms with Crippen molar-refractivity contribution < 1.29 is 13.0 Å². The van der Waals surface area contributed by atoms with Crippen molar-refractivity contribution in [1.29, 1.82) is 0 Å². The van der Waals surface area contributed by atoms with Crippen molar-refractivity contribution in [3.8, 4) is 22.3 Å². The molecule has 1 aliphatic rings. The van der Waals surface area contributed by atoms with Gasteiger partial charge >= 0.3 is 0 Å². The van der Waals surface area contributed by atoms with Crippen LogP contribution in [0.3, 0.4) is 0 Å². The number of aromatic nitrogens is 3. The van der Waals surface area contributed by atoms with E-state index in [9.17, 15) is 13.0 Å². The van der Waals surface area contributed by atoms with Gasteiger partial charge in [-0.1, -0.05) is 42.8 Å². The molecule has 34 heavy (non-hydrogen) atoms. The number of piperidine rings is 1. The zero-order valence-electron chi connectivity index (χ0n) is 19.0. The number of nitrogens with zero attached hydrogens (tertiary/aromatic N) is 4. The van der Waals surface area contributed by atoms with Crippen LogP contribution in [-0.4, -0.2) is 49.6 Å². The van der Waals surface area contributed by atoms with Crippen molar-refractivity contribution in [3.63, 3.8) is 0 Å². The fourth-order valence-electron chi connectivity index (χ4n) is 4.47. The zero-order chi connectivity index (χ0) is 23.7. The molecule has 1 saturated heterocycles. The van der Waals surface area contributed by atoms with Crippen LogP contribution in [0.15, 0.2) is 72.0 Å². The predicted molar refractivity (Wildman–Crippen MR) is 130 cm³/mol. The molecule has 8 heteroatoms. The largest absolute Gasteiger partial charge is 0.297 e. The Bertz CT molecular complexity index is 1330. The molecule has 1 unspecified atom stereocenters. The maximum Gasteiger partial charge on any atom is 0.285 e. The Balaban J connectivity index is 1.38. The first kappa shape index (κ1) is 22.8. The average molecular weight is 481 g/mol. The fourth-order valence-corrected chi connectivity index (χ4v) is 5.03. The summed E-state index contributed by atoms with van der Waals surface area (Å²) in [6.45, 7) is 1.25. The molecule has 0 amide bonds. The maximum atomic E-state index is 14.8. The number of likely N-dealkylation sites (tertiary alicyclic amines) is 1. The van der Waals surface area contributed by atoms with Gasteiger partial charge in [0.2, 0.25) is 0 Å². The van der Waals surface area contributed by atoms with E-state index < -0.39 is 16.7 Å². The van der Waals surface area contributed by atoms with Crippen LogP contribution < -0.4 is 0 Å². The minimum absolute atomic E-state index is 0.0328. The highest BCUT2D eigenvalue weighted by atomic mass is 32.2. The fraction of sp³-hybridized carbons (Fsp3) is 0.308. The number of fused-ring (bicyclic) bond motifs is 1. The van der Waals surface area contributed by atoms with E-state index in [2.05, 4.69) is 10.1 Å². The summed E-state index contributed by atoms with van der Waals surface area (Å²) in [7, 11) is -1.08. The Morgan fingerprint density at radius 1 is 0.971 bits per heavy atom. The number of rotatable bonds is 6. The minimum Gasteiger partial charge on any atom is -0.297 e. The monoisotopic (exact) mass is 480 g/mol. The van der Waals surface area contributed by atoms with Crippen LogP contribution in [0.4, 0.5) is 8.78 Å². The van der Waals surface area contributed by atoms with E-state index >= 15 is 0 Å². The summed E-state index contributed by atoms with van der Waals surface area (Å²) in [5, 5.41) is 4.43. The van der Waals surface area contributed by atoms with Gasteiger partial charge in [-0.05, 0) is 49.2 Å². The van der Waals surface area contributed by atoms with E-state index in [0.29, 0.717) is 5.65 Å². The SMILES string of the molecule is CS(=O)c1cccc(-c2cnn3cc(-c4ccc(C(F)(F)CN5CCCCC5)cc4)cnc23)c1. The second-order valence-electron chi connectivity index (χ2n) is 8.77. The zero-order valence-corrected chi connectivity index (χ0v) is 19.8. The van der Waals surface area contributed by atoms with Gasteiger partial charge in [0.05, 0.1) is 12.7 Å². The molecule has 3 heterocycles. The van der Waals surface area contributed by atoms with E-state index in [1.54, 1.807) is 35.3 Å². The molecule has 0 bridgehead atoms. The van der Waals surface area contributed by atoms with Gasteiger partial charge in [-0.25, -0.2) is 9.50 Å². The van der Waals surface area contributed by atoms with Gasteiger partial charge in [0, 0.05) is 51.0 Å². The molecule has 0 radical (unpaired) electrons. The molecule has 2 aromatic heterocycles. The Morgan fingerprint density at radius 3 is 2.47 bits per heavy atom. The average Bonchev–Trinajstić information content (AvgIpc) is 3.28. The Hall–Kier alpha value is -2.97. The molecule has 0 aliphatic carbocycles. The molecule has 2 aromatic carbocycles. The lowest BCUT2D eigenvalue weighted by Gasteiger charge is -2.30. The van der Waals surface area contributed by atoms with E-state index in [0.717, 1.165) is 59.5 Å². The normalized spacial score (nSPS) is 16.1. The highest BCUT2D eigenvalue weighted by Crippen LogP contribution is 2.32. The Labute approximate surface area is 199 Å². The number of hydrogen-bond acceptors (Lipinski definition) is 4. The summed E-state index contributed by atoms with van der Waals surface area (Å²) >= 11 is 0. The molecule has 5 rings (SSSR count). The summed E-state index contributed by atoms with van der Waals surface area (Å²) in [6.07, 6.45) is 10.0. The van der Waals surface area contributed by atoms with Crippen LogP contribution in [-0.2, 0) is 16.7 Å². The summed E-state index contributed by atoms with van der Waals surface area (Å²) in [6, 6.07) is 14.0. The molecule has 5 nitrogen and oxygen atoms in total. The van der Waals surface area contributed by atoms with Crippen molar-refractivity contribution in [2.75, 3.05) is 25.9 Å². The van der Waals surface area contributed by atoms with Gasteiger partial charge in [-0.15, -0.1) is 0 Å². The van der Waals surface area contributed by atoms with Crippen LogP contribution in [0.5, 0.6) is 0 Å². The van der Waals surface area contributed by atoms with E-state index in [4.69, 9.17) is 0 Å². The van der Waals surface area contributed by atoms with Crippen molar-refractivity contribution in [2.24, 2.45) is 0 Å². The molecule has 0 saturated carbocycles. The first-order valence-corrected chi connectivity index (χ1v) is 12.9. The molecule has 1 atom stereocenters. The van der Waals surface area contributed by atoms with Crippen molar-refractivity contribution in [1.82, 2.24) is 19.5 Å². The first-order valence-electron chi connectivity index (χ1n) is 11.4. The third kappa shape index (κ3) is 4.65. The van der Waals surface area contributed by atoms with E-state index in [-0.39, 0.29) is 12.1 Å². The third-order valence-electron chi connectivity index (χ3n) is 6.34. The van der Waals surface area contributed by atoms with Crippen LogP contribution in [0, 0.1) is 0 Å². The molecular weight excluding hydrogens is 454 g/mol. The van der Waals surface area contributed by atoms with Gasteiger partial charge in [-0.2, -0.15) is 13.9 Å². The third-order valence-corrected chi connectivity index (χ3v) is 7.26. The summed E-state index contributed by atoms with van der Waals surface area (Å²) in [5.41, 5.74) is 4.02. The minimum atomic E-state index is -2.88. The van der Waals surface area contributed by atoms with Crippen LogP contribution >= 0.6 is 0 Å². The molecule has 0 N–H and O–H groups in total. The number of benzene rings is 2.